The Bertz CT molecular complexity index is 793. The summed E-state index contributed by atoms with van der Waals surface area (Å²) >= 11 is 0. The molecule has 0 saturated carbocycles. The molecule has 25 heavy (non-hydrogen) atoms. The van der Waals surface area contributed by atoms with E-state index < -0.39 is 17.8 Å². The Labute approximate surface area is 144 Å². The van der Waals surface area contributed by atoms with E-state index in [0.29, 0.717) is 22.7 Å². The second kappa shape index (κ2) is 8.14. The average molecular weight is 346 g/mol. The molecule has 2 aromatic rings. The molecule has 6 nitrogen and oxygen atoms in total. The Hall–Kier alpha value is -3.09. The van der Waals surface area contributed by atoms with Gasteiger partial charge in [-0.3, -0.25) is 10.1 Å². The van der Waals surface area contributed by atoms with Crippen molar-refractivity contribution in [1.82, 2.24) is 0 Å². The number of amides is 2. The van der Waals surface area contributed by atoms with E-state index in [1.807, 2.05) is 0 Å². The Morgan fingerprint density at radius 2 is 1.80 bits per heavy atom. The number of halogens is 1. The van der Waals surface area contributed by atoms with Crippen LogP contribution < -0.4 is 15.4 Å². The van der Waals surface area contributed by atoms with Gasteiger partial charge in [-0.25, -0.2) is 9.18 Å². The van der Waals surface area contributed by atoms with Crippen LogP contribution >= 0.6 is 0 Å². The molecule has 0 aliphatic rings. The van der Waals surface area contributed by atoms with E-state index in [1.165, 1.54) is 19.2 Å². The third-order valence-corrected chi connectivity index (χ3v) is 3.52. The van der Waals surface area contributed by atoms with Crippen LogP contribution in [0, 0.1) is 12.7 Å². The van der Waals surface area contributed by atoms with Gasteiger partial charge in [0, 0.05) is 17.4 Å². The third-order valence-electron chi connectivity index (χ3n) is 3.52. The summed E-state index contributed by atoms with van der Waals surface area (Å²) in [6.45, 7) is 3.67. The quantitative estimate of drug-likeness (QED) is 0.859. The lowest BCUT2D eigenvalue weighted by Gasteiger charge is -2.13. The highest BCUT2D eigenvalue weighted by Crippen LogP contribution is 2.25. The zero-order valence-corrected chi connectivity index (χ0v) is 14.2. The zero-order valence-electron chi connectivity index (χ0n) is 14.2. The van der Waals surface area contributed by atoms with Crippen molar-refractivity contribution in [3.63, 3.8) is 0 Å². The Balaban J connectivity index is 2.20. The minimum Gasteiger partial charge on any atom is -0.497 e. The van der Waals surface area contributed by atoms with Crippen molar-refractivity contribution in [3.8, 4) is 5.75 Å². The largest absolute Gasteiger partial charge is 0.497 e. The predicted molar refractivity (Wildman–Crippen MR) is 92.7 cm³/mol. The summed E-state index contributed by atoms with van der Waals surface area (Å²) in [4.78, 5) is 23.9. The van der Waals surface area contributed by atoms with E-state index in [0.717, 1.165) is 6.07 Å². The monoisotopic (exact) mass is 346 g/mol. The lowest BCUT2D eigenvalue weighted by Crippen LogP contribution is -2.17. The van der Waals surface area contributed by atoms with E-state index in [9.17, 15) is 14.0 Å². The van der Waals surface area contributed by atoms with Crippen LogP contribution in [0.5, 0.6) is 5.75 Å². The van der Waals surface area contributed by atoms with Crippen LogP contribution in [0.2, 0.25) is 0 Å². The molecule has 2 rings (SSSR count). The lowest BCUT2D eigenvalue weighted by molar-refractivity contribution is 0.102. The molecule has 0 atom stereocenters. The van der Waals surface area contributed by atoms with Crippen LogP contribution in [-0.4, -0.2) is 25.7 Å². The van der Waals surface area contributed by atoms with Crippen molar-refractivity contribution in [2.24, 2.45) is 0 Å². The maximum absolute atomic E-state index is 14.0. The van der Waals surface area contributed by atoms with Crippen LogP contribution in [0.4, 0.5) is 20.6 Å². The van der Waals surface area contributed by atoms with E-state index in [1.54, 1.807) is 32.0 Å². The second-order valence-electron chi connectivity index (χ2n) is 5.12. The molecule has 0 spiro atoms. The maximum Gasteiger partial charge on any atom is 0.411 e. The first-order valence-corrected chi connectivity index (χ1v) is 7.64. The summed E-state index contributed by atoms with van der Waals surface area (Å²) in [5.41, 5.74) is 1.46. The van der Waals surface area contributed by atoms with Crippen LogP contribution in [0.1, 0.15) is 22.8 Å². The first kappa shape index (κ1) is 18.3. The molecule has 2 N–H and O–H groups in total. The summed E-state index contributed by atoms with van der Waals surface area (Å²) in [7, 11) is 1.42. The van der Waals surface area contributed by atoms with Gasteiger partial charge >= 0.3 is 6.09 Å². The molecule has 2 aromatic carbocycles. The van der Waals surface area contributed by atoms with Gasteiger partial charge in [0.1, 0.15) is 11.6 Å². The highest BCUT2D eigenvalue weighted by molar-refractivity contribution is 6.05. The molecule has 0 aromatic heterocycles. The number of carbonyl (C=O) groups excluding carboxylic acids is 2. The van der Waals surface area contributed by atoms with Crippen LogP contribution in [0.25, 0.3) is 0 Å². The second-order valence-corrected chi connectivity index (χ2v) is 5.12. The highest BCUT2D eigenvalue weighted by Gasteiger charge is 2.15. The first-order chi connectivity index (χ1) is 12.0. The number of nitrogens with one attached hydrogen (secondary N) is 2. The van der Waals surface area contributed by atoms with E-state index >= 15 is 0 Å². The van der Waals surface area contributed by atoms with Gasteiger partial charge in [-0.15, -0.1) is 0 Å². The summed E-state index contributed by atoms with van der Waals surface area (Å²) in [5, 5.41) is 5.23. The maximum atomic E-state index is 14.0. The lowest BCUT2D eigenvalue weighted by atomic mass is 10.1. The number of anilines is 2. The Morgan fingerprint density at radius 3 is 2.40 bits per heavy atom. The molecule has 0 aliphatic heterocycles. The minimum atomic E-state index is -0.685. The van der Waals surface area contributed by atoms with Crippen molar-refractivity contribution in [1.29, 1.82) is 0 Å². The van der Waals surface area contributed by atoms with Crippen LogP contribution in [0.3, 0.4) is 0 Å². The molecule has 0 radical (unpaired) electrons. The molecule has 7 heteroatoms. The SMILES string of the molecule is CCOC(=O)Nc1cccc(NC(=O)c2ccc(OC)cc2F)c1C. The van der Waals surface area contributed by atoms with Gasteiger partial charge < -0.3 is 14.8 Å². The summed E-state index contributed by atoms with van der Waals surface area (Å²) in [6, 6.07) is 8.99. The molecule has 0 aliphatic carbocycles. The normalized spacial score (nSPS) is 10.1. The molecule has 0 heterocycles. The van der Waals surface area contributed by atoms with Gasteiger partial charge in [0.25, 0.3) is 5.91 Å². The minimum absolute atomic E-state index is 0.107. The fourth-order valence-electron chi connectivity index (χ4n) is 2.18. The number of methoxy groups -OCH3 is 1. The highest BCUT2D eigenvalue weighted by atomic mass is 19.1. The van der Waals surface area contributed by atoms with Gasteiger partial charge in [-0.1, -0.05) is 6.07 Å². The summed E-state index contributed by atoms with van der Waals surface area (Å²) in [5.74, 6) is -0.960. The number of hydrogen-bond acceptors (Lipinski definition) is 4. The number of ether oxygens (including phenoxy) is 2. The third kappa shape index (κ3) is 4.47. The number of carbonyl (C=O) groups is 2. The van der Waals surface area contributed by atoms with Crippen molar-refractivity contribution >= 4 is 23.4 Å². The Kier molecular flexibility index (Phi) is 5.94. The van der Waals surface area contributed by atoms with E-state index in [-0.39, 0.29) is 12.2 Å². The van der Waals surface area contributed by atoms with E-state index in [4.69, 9.17) is 9.47 Å². The summed E-state index contributed by atoms with van der Waals surface area (Å²) < 4.78 is 23.8. The van der Waals surface area contributed by atoms with Gasteiger partial charge in [0.15, 0.2) is 0 Å². The fourth-order valence-corrected chi connectivity index (χ4v) is 2.18. The zero-order chi connectivity index (χ0) is 18.4. The van der Waals surface area contributed by atoms with Crippen molar-refractivity contribution in [2.45, 2.75) is 13.8 Å². The van der Waals surface area contributed by atoms with Crippen molar-refractivity contribution < 1.29 is 23.5 Å². The molecular formula is C18H19FN2O4. The molecule has 0 unspecified atom stereocenters. The smallest absolute Gasteiger partial charge is 0.411 e. The first-order valence-electron chi connectivity index (χ1n) is 7.64. The number of benzene rings is 2. The van der Waals surface area contributed by atoms with Crippen molar-refractivity contribution in [3.05, 3.63) is 53.3 Å². The van der Waals surface area contributed by atoms with Gasteiger partial charge in [0.2, 0.25) is 0 Å². The predicted octanol–water partition coefficient (Wildman–Crippen LogP) is 3.96. The molecule has 2 amide bonds. The standard InChI is InChI=1S/C18H19FN2O4/c1-4-25-18(23)21-16-7-5-6-15(11(16)2)20-17(22)13-9-8-12(24-3)10-14(13)19/h5-10H,4H2,1-3H3,(H,20,22)(H,21,23). The molecule has 132 valence electrons. The van der Waals surface area contributed by atoms with Crippen LogP contribution in [0.15, 0.2) is 36.4 Å². The fraction of sp³-hybridized carbons (Fsp3) is 0.222. The molecule has 0 fully saturated rings. The van der Waals surface area contributed by atoms with Gasteiger partial charge in [-0.05, 0) is 43.7 Å². The van der Waals surface area contributed by atoms with Crippen LogP contribution in [-0.2, 0) is 4.74 Å². The summed E-state index contributed by atoms with van der Waals surface area (Å²) in [6.07, 6.45) is -0.588. The van der Waals surface area contributed by atoms with Crippen molar-refractivity contribution in [2.75, 3.05) is 24.4 Å². The molecular weight excluding hydrogens is 327 g/mol. The van der Waals surface area contributed by atoms with Gasteiger partial charge in [0.05, 0.1) is 19.3 Å². The van der Waals surface area contributed by atoms with E-state index in [2.05, 4.69) is 10.6 Å². The molecule has 0 bridgehead atoms. The Morgan fingerprint density at radius 1 is 1.12 bits per heavy atom. The molecule has 0 saturated heterocycles. The number of rotatable bonds is 5. The topological polar surface area (TPSA) is 76.7 Å². The number of hydrogen-bond donors (Lipinski definition) is 2. The average Bonchev–Trinajstić information content (AvgIpc) is 2.58. The van der Waals surface area contributed by atoms with Gasteiger partial charge in [-0.2, -0.15) is 0 Å².